The second-order valence-electron chi connectivity index (χ2n) is 10.4. The summed E-state index contributed by atoms with van der Waals surface area (Å²) < 4.78 is 11.9. The Balaban J connectivity index is 1.17. The summed E-state index contributed by atoms with van der Waals surface area (Å²) in [4.78, 5) is 29.5. The normalized spacial score (nSPS) is 18.2. The minimum Gasteiger partial charge on any atom is -0.493 e. The number of para-hydroxylation sites is 1. The lowest BCUT2D eigenvalue weighted by atomic mass is 9.76. The first-order valence-electron chi connectivity index (χ1n) is 13.5. The summed E-state index contributed by atoms with van der Waals surface area (Å²) in [5.41, 5.74) is 5.30. The first-order chi connectivity index (χ1) is 19.5. The molecule has 1 atom stereocenters. The maximum atomic E-state index is 14.4. The first kappa shape index (κ1) is 24.7. The van der Waals surface area contributed by atoms with Crippen molar-refractivity contribution in [3.63, 3.8) is 0 Å². The molecule has 1 N–H and O–H groups in total. The predicted octanol–water partition coefficient (Wildman–Crippen LogP) is 5.47. The minimum absolute atomic E-state index is 0.0377. The number of fused-ring (bicyclic) bond motifs is 5. The van der Waals surface area contributed by atoms with E-state index in [0.29, 0.717) is 35.9 Å². The molecule has 4 aromatic rings. The molecule has 0 bridgehead atoms. The van der Waals surface area contributed by atoms with Crippen LogP contribution in [0.15, 0.2) is 84.9 Å². The Bertz CT molecular complexity index is 1650. The summed E-state index contributed by atoms with van der Waals surface area (Å²) in [6.45, 7) is 1.65. The second kappa shape index (κ2) is 9.72. The molecule has 1 unspecified atom stereocenters. The number of carbonyl (C=O) groups is 2. The summed E-state index contributed by atoms with van der Waals surface area (Å²) in [6.07, 6.45) is 1.51. The van der Waals surface area contributed by atoms with Crippen LogP contribution in [0.2, 0.25) is 5.02 Å². The number of halogens is 1. The zero-order valence-corrected chi connectivity index (χ0v) is 22.5. The van der Waals surface area contributed by atoms with Gasteiger partial charge in [-0.3, -0.25) is 9.59 Å². The van der Waals surface area contributed by atoms with Gasteiger partial charge in [-0.15, -0.1) is 0 Å². The van der Waals surface area contributed by atoms with Crippen LogP contribution in [0.3, 0.4) is 0 Å². The second-order valence-corrected chi connectivity index (χ2v) is 10.9. The van der Waals surface area contributed by atoms with E-state index in [1.54, 1.807) is 4.90 Å². The number of carbonyl (C=O) groups excluding carboxylic acids is 2. The molecular formula is C33H27ClN2O4. The Morgan fingerprint density at radius 2 is 1.73 bits per heavy atom. The van der Waals surface area contributed by atoms with Crippen LogP contribution in [0.4, 0.5) is 5.69 Å². The fraction of sp³-hybridized carbons (Fsp3) is 0.212. The smallest absolute Gasteiger partial charge is 0.251 e. The van der Waals surface area contributed by atoms with Crippen LogP contribution < -0.4 is 19.7 Å². The molecule has 200 valence electrons. The highest BCUT2D eigenvalue weighted by Crippen LogP contribution is 2.54. The van der Waals surface area contributed by atoms with E-state index in [-0.39, 0.29) is 25.0 Å². The first-order valence-corrected chi connectivity index (χ1v) is 13.9. The van der Waals surface area contributed by atoms with E-state index >= 15 is 0 Å². The minimum atomic E-state index is -0.917. The summed E-state index contributed by atoms with van der Waals surface area (Å²) in [5, 5.41) is 3.72. The zero-order chi connectivity index (χ0) is 27.3. The van der Waals surface area contributed by atoms with Crippen LogP contribution >= 0.6 is 11.6 Å². The maximum Gasteiger partial charge on any atom is 0.251 e. The van der Waals surface area contributed by atoms with Gasteiger partial charge in [-0.1, -0.05) is 60.1 Å². The topological polar surface area (TPSA) is 67.9 Å². The van der Waals surface area contributed by atoms with Gasteiger partial charge < -0.3 is 19.7 Å². The number of nitrogens with zero attached hydrogens (tertiary/aromatic N) is 1. The molecule has 0 aromatic heterocycles. The standard InChI is InChI=1S/C33H27ClN2O4/c34-24-11-9-21(10-12-24)13-15-35-31(37)25-6-2-1-5-23(25)19-36-28-8-4-3-7-26(28)33(32(36)38)20-40-30-18-29-22(14-16-39-29)17-27(30)33/h1-12,17-18H,13-16,19-20H2,(H,35,37). The molecule has 0 fully saturated rings. The van der Waals surface area contributed by atoms with Crippen molar-refractivity contribution >= 4 is 29.1 Å². The number of rotatable bonds is 6. The molecule has 7 heteroatoms. The molecule has 2 amide bonds. The molecular weight excluding hydrogens is 524 g/mol. The summed E-state index contributed by atoms with van der Waals surface area (Å²) >= 11 is 5.98. The number of hydrogen-bond donors (Lipinski definition) is 1. The van der Waals surface area contributed by atoms with E-state index in [1.165, 1.54) is 0 Å². The van der Waals surface area contributed by atoms with Crippen molar-refractivity contribution in [2.45, 2.75) is 24.8 Å². The molecule has 40 heavy (non-hydrogen) atoms. The zero-order valence-electron chi connectivity index (χ0n) is 21.8. The Hall–Kier alpha value is -4.29. The Kier molecular flexibility index (Phi) is 6.01. The van der Waals surface area contributed by atoms with E-state index in [1.807, 2.05) is 78.9 Å². The van der Waals surface area contributed by atoms with Crippen molar-refractivity contribution in [3.8, 4) is 11.5 Å². The lowest BCUT2D eigenvalue weighted by Gasteiger charge is -2.24. The lowest BCUT2D eigenvalue weighted by molar-refractivity contribution is -0.122. The third kappa shape index (κ3) is 3.94. The average molecular weight is 551 g/mol. The van der Waals surface area contributed by atoms with E-state index < -0.39 is 5.41 Å². The lowest BCUT2D eigenvalue weighted by Crippen LogP contribution is -2.42. The molecule has 0 saturated carbocycles. The number of amides is 2. The number of hydrogen-bond acceptors (Lipinski definition) is 4. The fourth-order valence-electron chi connectivity index (χ4n) is 6.12. The van der Waals surface area contributed by atoms with Crippen molar-refractivity contribution in [2.75, 3.05) is 24.7 Å². The molecule has 3 aliphatic rings. The molecule has 3 heterocycles. The van der Waals surface area contributed by atoms with Crippen molar-refractivity contribution in [2.24, 2.45) is 0 Å². The fourth-order valence-corrected chi connectivity index (χ4v) is 6.25. The van der Waals surface area contributed by atoms with Gasteiger partial charge in [0.1, 0.15) is 23.5 Å². The van der Waals surface area contributed by atoms with Crippen molar-refractivity contribution in [3.05, 3.63) is 123 Å². The van der Waals surface area contributed by atoms with E-state index in [4.69, 9.17) is 21.1 Å². The van der Waals surface area contributed by atoms with Crippen LogP contribution in [0.1, 0.15) is 38.2 Å². The summed E-state index contributed by atoms with van der Waals surface area (Å²) in [6, 6.07) is 27.0. The van der Waals surface area contributed by atoms with E-state index in [9.17, 15) is 9.59 Å². The highest BCUT2D eigenvalue weighted by atomic mass is 35.5. The van der Waals surface area contributed by atoms with Gasteiger partial charge in [-0.2, -0.15) is 0 Å². The Morgan fingerprint density at radius 3 is 2.60 bits per heavy atom. The highest BCUT2D eigenvalue weighted by molar-refractivity contribution is 6.30. The summed E-state index contributed by atoms with van der Waals surface area (Å²) in [7, 11) is 0. The van der Waals surface area contributed by atoms with Gasteiger partial charge in [0.05, 0.1) is 13.2 Å². The van der Waals surface area contributed by atoms with Gasteiger partial charge in [0.25, 0.3) is 5.91 Å². The Morgan fingerprint density at radius 1 is 0.925 bits per heavy atom. The molecule has 6 nitrogen and oxygen atoms in total. The SMILES string of the molecule is O=C(NCCc1ccc(Cl)cc1)c1ccccc1CN1C(=O)C2(COc3cc4c(cc32)CCO4)c2ccccc21. The third-order valence-corrected chi connectivity index (χ3v) is 8.42. The third-order valence-electron chi connectivity index (χ3n) is 8.16. The van der Waals surface area contributed by atoms with Gasteiger partial charge in [-0.25, -0.2) is 0 Å². The largest absolute Gasteiger partial charge is 0.493 e. The monoisotopic (exact) mass is 550 g/mol. The van der Waals surface area contributed by atoms with Crippen molar-refractivity contribution in [1.29, 1.82) is 0 Å². The van der Waals surface area contributed by atoms with Gasteiger partial charge in [0, 0.05) is 40.9 Å². The van der Waals surface area contributed by atoms with Gasteiger partial charge >= 0.3 is 0 Å². The van der Waals surface area contributed by atoms with Crippen LogP contribution in [0.25, 0.3) is 0 Å². The van der Waals surface area contributed by atoms with Gasteiger partial charge in [0.15, 0.2) is 0 Å². The molecule has 0 radical (unpaired) electrons. The summed E-state index contributed by atoms with van der Waals surface area (Å²) in [5.74, 6) is 1.34. The quantitative estimate of drug-likeness (QED) is 0.345. The number of nitrogens with one attached hydrogen (secondary N) is 1. The van der Waals surface area contributed by atoms with Crippen LogP contribution in [0, 0.1) is 0 Å². The average Bonchev–Trinajstić information content (AvgIpc) is 3.65. The van der Waals surface area contributed by atoms with Crippen molar-refractivity contribution < 1.29 is 19.1 Å². The van der Waals surface area contributed by atoms with E-state index in [0.717, 1.165) is 45.7 Å². The molecule has 0 aliphatic carbocycles. The van der Waals surface area contributed by atoms with Crippen LogP contribution in [-0.2, 0) is 29.6 Å². The van der Waals surface area contributed by atoms with Crippen LogP contribution in [0.5, 0.6) is 11.5 Å². The molecule has 7 rings (SSSR count). The highest BCUT2D eigenvalue weighted by Gasteiger charge is 2.57. The number of anilines is 1. The number of benzene rings is 4. The number of ether oxygens (including phenoxy) is 2. The van der Waals surface area contributed by atoms with Crippen molar-refractivity contribution in [1.82, 2.24) is 5.32 Å². The molecule has 0 saturated heterocycles. The Labute approximate surface area is 237 Å². The van der Waals surface area contributed by atoms with Crippen LogP contribution in [-0.4, -0.2) is 31.6 Å². The maximum absolute atomic E-state index is 14.4. The van der Waals surface area contributed by atoms with Gasteiger partial charge in [-0.05, 0) is 59.0 Å². The van der Waals surface area contributed by atoms with E-state index in [2.05, 4.69) is 11.4 Å². The predicted molar refractivity (Wildman–Crippen MR) is 153 cm³/mol. The molecule has 1 spiro atoms. The van der Waals surface area contributed by atoms with Gasteiger partial charge in [0.2, 0.25) is 5.91 Å². The molecule has 3 aliphatic heterocycles. The molecule has 4 aromatic carbocycles.